The quantitative estimate of drug-likeness (QED) is 0.813. The first-order chi connectivity index (χ1) is 10.7. The largest absolute Gasteiger partial charge is 0.457 e. The lowest BCUT2D eigenvalue weighted by molar-refractivity contribution is -0.121. The van der Waals surface area contributed by atoms with Gasteiger partial charge in [0, 0.05) is 18.5 Å². The molecule has 1 amide bonds. The van der Waals surface area contributed by atoms with E-state index in [4.69, 9.17) is 10.5 Å². The number of amides is 1. The molecule has 0 fully saturated rings. The van der Waals surface area contributed by atoms with E-state index in [1.165, 1.54) is 0 Å². The van der Waals surface area contributed by atoms with Gasteiger partial charge in [0.25, 0.3) is 0 Å². The number of para-hydroxylation sites is 1. The van der Waals surface area contributed by atoms with Crippen molar-refractivity contribution in [2.75, 3.05) is 6.54 Å². The molecule has 0 aliphatic rings. The van der Waals surface area contributed by atoms with E-state index >= 15 is 0 Å². The molecule has 4 nitrogen and oxygen atoms in total. The van der Waals surface area contributed by atoms with Gasteiger partial charge in [-0.05, 0) is 43.7 Å². The van der Waals surface area contributed by atoms with Crippen LogP contribution in [0.15, 0.2) is 48.5 Å². The summed E-state index contributed by atoms with van der Waals surface area (Å²) in [6.07, 6.45) is 1.16. The van der Waals surface area contributed by atoms with Crippen molar-refractivity contribution in [1.29, 1.82) is 0 Å². The smallest absolute Gasteiger partial charge is 0.220 e. The summed E-state index contributed by atoms with van der Waals surface area (Å²) in [5.41, 5.74) is 7.50. The van der Waals surface area contributed by atoms with Crippen molar-refractivity contribution in [3.8, 4) is 11.5 Å². The van der Waals surface area contributed by atoms with Crippen LogP contribution in [0.3, 0.4) is 0 Å². The Labute approximate surface area is 143 Å². The Kier molecular flexibility index (Phi) is 8.16. The molecular formula is C18H23ClN2O2. The third-order valence-corrected chi connectivity index (χ3v) is 3.27. The highest BCUT2D eigenvalue weighted by Gasteiger charge is 2.06. The zero-order chi connectivity index (χ0) is 15.8. The van der Waals surface area contributed by atoms with Crippen LogP contribution in [0.1, 0.15) is 24.0 Å². The monoisotopic (exact) mass is 334 g/mol. The van der Waals surface area contributed by atoms with Gasteiger partial charge < -0.3 is 15.8 Å². The van der Waals surface area contributed by atoms with E-state index in [1.54, 1.807) is 0 Å². The summed E-state index contributed by atoms with van der Waals surface area (Å²) in [7, 11) is 0. The van der Waals surface area contributed by atoms with Crippen LogP contribution in [-0.4, -0.2) is 12.5 Å². The highest BCUT2D eigenvalue weighted by Crippen LogP contribution is 2.25. The Morgan fingerprint density at radius 3 is 2.70 bits per heavy atom. The van der Waals surface area contributed by atoms with Crippen molar-refractivity contribution >= 4 is 18.3 Å². The zero-order valence-electron chi connectivity index (χ0n) is 13.2. The van der Waals surface area contributed by atoms with Gasteiger partial charge in [-0.15, -0.1) is 12.4 Å². The van der Waals surface area contributed by atoms with E-state index < -0.39 is 0 Å². The van der Waals surface area contributed by atoms with E-state index in [1.807, 2.05) is 55.5 Å². The van der Waals surface area contributed by atoms with Crippen molar-refractivity contribution in [3.63, 3.8) is 0 Å². The molecule has 0 spiro atoms. The molecule has 2 aromatic rings. The standard InChI is InChI=1S/C18H22N2O2.ClH/c1-14-6-4-8-16(12-14)22-17-9-3-2-7-15(17)13-20-18(21)10-5-11-19;/h2-4,6-9,12H,5,10-11,13,19H2,1H3,(H,20,21);1H. The summed E-state index contributed by atoms with van der Waals surface area (Å²) in [5.74, 6) is 1.56. The van der Waals surface area contributed by atoms with Gasteiger partial charge in [0.2, 0.25) is 5.91 Å². The molecule has 23 heavy (non-hydrogen) atoms. The number of ether oxygens (including phenoxy) is 1. The first kappa shape index (κ1) is 19.0. The normalized spacial score (nSPS) is 9.83. The molecule has 2 aromatic carbocycles. The third-order valence-electron chi connectivity index (χ3n) is 3.27. The summed E-state index contributed by atoms with van der Waals surface area (Å²) >= 11 is 0. The molecular weight excluding hydrogens is 312 g/mol. The summed E-state index contributed by atoms with van der Waals surface area (Å²) in [6, 6.07) is 15.6. The Balaban J connectivity index is 0.00000264. The Morgan fingerprint density at radius 1 is 1.17 bits per heavy atom. The van der Waals surface area contributed by atoms with Crippen LogP contribution >= 0.6 is 12.4 Å². The number of hydrogen-bond acceptors (Lipinski definition) is 3. The molecule has 0 aliphatic heterocycles. The van der Waals surface area contributed by atoms with E-state index in [0.29, 0.717) is 25.9 Å². The fourth-order valence-electron chi connectivity index (χ4n) is 2.10. The van der Waals surface area contributed by atoms with Gasteiger partial charge in [-0.1, -0.05) is 30.3 Å². The van der Waals surface area contributed by atoms with Crippen molar-refractivity contribution in [1.82, 2.24) is 5.32 Å². The number of carbonyl (C=O) groups excluding carboxylic acids is 1. The number of rotatable bonds is 7. The molecule has 0 aromatic heterocycles. The Morgan fingerprint density at radius 2 is 1.96 bits per heavy atom. The minimum absolute atomic E-state index is 0. The molecule has 0 heterocycles. The first-order valence-corrected chi connectivity index (χ1v) is 7.48. The SMILES string of the molecule is Cc1cccc(Oc2ccccc2CNC(=O)CCCN)c1.Cl. The van der Waals surface area contributed by atoms with E-state index in [2.05, 4.69) is 5.32 Å². The molecule has 0 atom stereocenters. The van der Waals surface area contributed by atoms with Gasteiger partial charge in [-0.2, -0.15) is 0 Å². The molecule has 124 valence electrons. The maximum Gasteiger partial charge on any atom is 0.220 e. The lowest BCUT2D eigenvalue weighted by atomic mass is 10.2. The molecule has 0 saturated heterocycles. The van der Waals surface area contributed by atoms with Crippen molar-refractivity contribution in [2.45, 2.75) is 26.3 Å². The van der Waals surface area contributed by atoms with E-state index in [0.717, 1.165) is 22.6 Å². The fraction of sp³-hybridized carbons (Fsp3) is 0.278. The van der Waals surface area contributed by atoms with E-state index in [9.17, 15) is 4.79 Å². The number of halogens is 1. The molecule has 0 aliphatic carbocycles. The predicted octanol–water partition coefficient (Wildman–Crippen LogP) is 3.56. The van der Waals surface area contributed by atoms with Gasteiger partial charge >= 0.3 is 0 Å². The lowest BCUT2D eigenvalue weighted by Crippen LogP contribution is -2.23. The van der Waals surface area contributed by atoms with E-state index in [-0.39, 0.29) is 18.3 Å². The highest BCUT2D eigenvalue weighted by atomic mass is 35.5. The van der Waals surface area contributed by atoms with Crippen LogP contribution in [0.25, 0.3) is 0 Å². The second kappa shape index (κ2) is 9.87. The van der Waals surface area contributed by atoms with Gasteiger partial charge in [-0.25, -0.2) is 0 Å². The average Bonchev–Trinajstić information content (AvgIpc) is 2.52. The number of aryl methyl sites for hydroxylation is 1. The van der Waals surface area contributed by atoms with Gasteiger partial charge in [0.15, 0.2) is 0 Å². The highest BCUT2D eigenvalue weighted by molar-refractivity contribution is 5.85. The number of nitrogens with two attached hydrogens (primary N) is 1. The summed E-state index contributed by atoms with van der Waals surface area (Å²) in [6.45, 7) is 3.00. The summed E-state index contributed by atoms with van der Waals surface area (Å²) in [4.78, 5) is 11.7. The van der Waals surface area contributed by atoms with Crippen LogP contribution in [0.4, 0.5) is 0 Å². The first-order valence-electron chi connectivity index (χ1n) is 7.48. The van der Waals surface area contributed by atoms with Gasteiger partial charge in [0.05, 0.1) is 0 Å². The average molecular weight is 335 g/mol. The van der Waals surface area contributed by atoms with Crippen LogP contribution in [-0.2, 0) is 11.3 Å². The minimum Gasteiger partial charge on any atom is -0.457 e. The summed E-state index contributed by atoms with van der Waals surface area (Å²) in [5, 5.41) is 2.90. The number of hydrogen-bond donors (Lipinski definition) is 2. The van der Waals surface area contributed by atoms with Crippen LogP contribution in [0, 0.1) is 6.92 Å². The predicted molar refractivity (Wildman–Crippen MR) is 95.1 cm³/mol. The Bertz CT molecular complexity index is 632. The van der Waals surface area contributed by atoms with Gasteiger partial charge in [0.1, 0.15) is 11.5 Å². The lowest BCUT2D eigenvalue weighted by Gasteiger charge is -2.12. The van der Waals surface area contributed by atoms with Crippen LogP contribution in [0.2, 0.25) is 0 Å². The topological polar surface area (TPSA) is 64.3 Å². The molecule has 0 unspecified atom stereocenters. The second-order valence-electron chi connectivity index (χ2n) is 5.20. The molecule has 2 rings (SSSR count). The Hall–Kier alpha value is -2.04. The number of nitrogens with one attached hydrogen (secondary N) is 1. The van der Waals surface area contributed by atoms with Crippen molar-refractivity contribution in [3.05, 3.63) is 59.7 Å². The van der Waals surface area contributed by atoms with Crippen molar-refractivity contribution < 1.29 is 9.53 Å². The molecule has 3 N–H and O–H groups in total. The molecule has 0 bridgehead atoms. The molecule has 0 saturated carbocycles. The fourth-order valence-corrected chi connectivity index (χ4v) is 2.10. The summed E-state index contributed by atoms with van der Waals surface area (Å²) < 4.78 is 5.93. The second-order valence-corrected chi connectivity index (χ2v) is 5.20. The third kappa shape index (κ3) is 6.30. The number of carbonyl (C=O) groups is 1. The minimum atomic E-state index is 0. The van der Waals surface area contributed by atoms with Crippen molar-refractivity contribution in [2.24, 2.45) is 5.73 Å². The maximum atomic E-state index is 11.7. The maximum absolute atomic E-state index is 11.7. The van der Waals surface area contributed by atoms with Gasteiger partial charge in [-0.3, -0.25) is 4.79 Å². The van der Waals surface area contributed by atoms with Crippen LogP contribution in [0.5, 0.6) is 11.5 Å². The van der Waals surface area contributed by atoms with Crippen LogP contribution < -0.4 is 15.8 Å². The number of benzene rings is 2. The zero-order valence-corrected chi connectivity index (χ0v) is 14.1. The molecule has 0 radical (unpaired) electrons. The molecule has 5 heteroatoms.